The molecular weight excluding hydrogens is 455 g/mol. The summed E-state index contributed by atoms with van der Waals surface area (Å²) >= 11 is 0. The van der Waals surface area contributed by atoms with Gasteiger partial charge in [0, 0.05) is 37.0 Å². The highest BCUT2D eigenvalue weighted by Crippen LogP contribution is 2.23. The van der Waals surface area contributed by atoms with Crippen molar-refractivity contribution >= 4 is 17.6 Å². The van der Waals surface area contributed by atoms with Crippen molar-refractivity contribution in [2.24, 2.45) is 10.9 Å². The highest BCUT2D eigenvalue weighted by Gasteiger charge is 2.24. The summed E-state index contributed by atoms with van der Waals surface area (Å²) in [6.07, 6.45) is -0.816. The van der Waals surface area contributed by atoms with Gasteiger partial charge in [-0.15, -0.1) is 0 Å². The molecule has 190 valence electrons. The fourth-order valence-corrected chi connectivity index (χ4v) is 3.40. The first kappa shape index (κ1) is 28.0. The maximum absolute atomic E-state index is 15.2. The molecule has 0 fully saturated rings. The maximum Gasteiger partial charge on any atom is 0.324 e. The van der Waals surface area contributed by atoms with E-state index in [1.165, 1.54) is 26.1 Å². The van der Waals surface area contributed by atoms with Gasteiger partial charge in [-0.3, -0.25) is 9.89 Å². The van der Waals surface area contributed by atoms with Crippen LogP contribution >= 0.6 is 0 Å². The van der Waals surface area contributed by atoms with Crippen molar-refractivity contribution in [1.82, 2.24) is 4.90 Å². The van der Waals surface area contributed by atoms with E-state index >= 15 is 4.39 Å². The summed E-state index contributed by atoms with van der Waals surface area (Å²) in [5.74, 6) is -0.829. The number of hydrogen-bond donors (Lipinski definition) is 0. The predicted octanol–water partition coefficient (Wildman–Crippen LogP) is 6.88. The number of hydrogen-bond acceptors (Lipinski definition) is 3. The minimum absolute atomic E-state index is 0.00371. The predicted molar refractivity (Wildman–Crippen MR) is 134 cm³/mol. The van der Waals surface area contributed by atoms with Crippen LogP contribution in [0.1, 0.15) is 45.2 Å². The smallest absolute Gasteiger partial charge is 0.324 e. The molecule has 5 nitrogen and oxygen atoms in total. The van der Waals surface area contributed by atoms with Gasteiger partial charge in [0.15, 0.2) is 5.76 Å². The van der Waals surface area contributed by atoms with E-state index in [4.69, 9.17) is 4.74 Å². The van der Waals surface area contributed by atoms with Gasteiger partial charge in [-0.05, 0) is 56.5 Å². The maximum atomic E-state index is 15.2. The van der Waals surface area contributed by atoms with Crippen molar-refractivity contribution in [1.29, 1.82) is 0 Å². The first-order valence-corrected chi connectivity index (χ1v) is 11.7. The Labute approximate surface area is 205 Å². The number of urea groups is 1. The SMILES string of the molecule is C/C=C(\OC(=NC)c1ccc(CN(C(=O)N(CC)CCC(C)C)c2ccccc2)c(F)c1)C(F)F. The van der Waals surface area contributed by atoms with E-state index in [2.05, 4.69) is 18.8 Å². The van der Waals surface area contributed by atoms with E-state index in [0.29, 0.717) is 24.7 Å². The number of aliphatic imine (C=N–C) groups is 1. The van der Waals surface area contributed by atoms with Crippen LogP contribution in [-0.4, -0.2) is 43.4 Å². The van der Waals surface area contributed by atoms with Crippen molar-refractivity contribution in [3.8, 4) is 0 Å². The van der Waals surface area contributed by atoms with Crippen LogP contribution < -0.4 is 4.90 Å². The number of amides is 2. The van der Waals surface area contributed by atoms with Crippen LogP contribution in [0.4, 0.5) is 23.7 Å². The van der Waals surface area contributed by atoms with Gasteiger partial charge in [0.2, 0.25) is 5.90 Å². The number of rotatable bonds is 10. The van der Waals surface area contributed by atoms with E-state index in [0.717, 1.165) is 12.5 Å². The molecular formula is C27H34F3N3O2. The molecule has 2 amide bonds. The molecule has 2 aromatic rings. The molecule has 0 heterocycles. The van der Waals surface area contributed by atoms with Gasteiger partial charge in [0.25, 0.3) is 6.43 Å². The summed E-state index contributed by atoms with van der Waals surface area (Å²) in [5, 5.41) is 0. The summed E-state index contributed by atoms with van der Waals surface area (Å²) in [7, 11) is 1.38. The van der Waals surface area contributed by atoms with Crippen LogP contribution in [0.3, 0.4) is 0 Å². The zero-order valence-electron chi connectivity index (χ0n) is 21.0. The van der Waals surface area contributed by atoms with Crippen LogP contribution in [0, 0.1) is 11.7 Å². The van der Waals surface area contributed by atoms with E-state index in [9.17, 15) is 13.6 Å². The van der Waals surface area contributed by atoms with Crippen molar-refractivity contribution in [2.45, 2.75) is 47.1 Å². The normalized spacial score (nSPS) is 12.3. The second-order valence-corrected chi connectivity index (χ2v) is 8.40. The molecule has 0 bridgehead atoms. The zero-order valence-corrected chi connectivity index (χ0v) is 21.0. The van der Waals surface area contributed by atoms with E-state index < -0.39 is 18.0 Å². The van der Waals surface area contributed by atoms with Gasteiger partial charge in [-0.2, -0.15) is 0 Å². The van der Waals surface area contributed by atoms with Crippen LogP contribution in [-0.2, 0) is 11.3 Å². The molecule has 0 aliphatic heterocycles. The minimum atomic E-state index is -2.82. The summed E-state index contributed by atoms with van der Waals surface area (Å²) in [6.45, 7) is 8.67. The summed E-state index contributed by atoms with van der Waals surface area (Å²) < 4.78 is 46.5. The lowest BCUT2D eigenvalue weighted by atomic mass is 10.1. The lowest BCUT2D eigenvalue weighted by molar-refractivity contribution is 0.133. The van der Waals surface area contributed by atoms with Gasteiger partial charge < -0.3 is 9.64 Å². The standard InChI is InChI=1S/C27H34F3N3O2/c1-6-24(25(29)30)35-26(31-5)20-13-14-21(23(28)17-20)18-33(22-11-9-8-10-12-22)27(34)32(7-2)16-15-19(3)4/h6,8-14,17,19,25H,7,15-16,18H2,1-5H3/b24-6-,31-26?. The Morgan fingerprint density at radius 2 is 1.83 bits per heavy atom. The highest BCUT2D eigenvalue weighted by molar-refractivity contribution is 5.95. The molecule has 0 atom stereocenters. The Balaban J connectivity index is 2.34. The van der Waals surface area contributed by atoms with E-state index in [1.54, 1.807) is 28.0 Å². The van der Waals surface area contributed by atoms with E-state index in [1.807, 2.05) is 25.1 Å². The zero-order chi connectivity index (χ0) is 26.0. The Kier molecular flexibility index (Phi) is 10.8. The van der Waals surface area contributed by atoms with E-state index in [-0.39, 0.29) is 29.6 Å². The lowest BCUT2D eigenvalue weighted by Gasteiger charge is -2.31. The Bertz CT molecular complexity index is 1020. The molecule has 2 aromatic carbocycles. The van der Waals surface area contributed by atoms with Crippen LogP contribution in [0.2, 0.25) is 0 Å². The number of para-hydroxylation sites is 1. The summed E-state index contributed by atoms with van der Waals surface area (Å²) in [6, 6.07) is 13.1. The number of nitrogens with zero attached hydrogens (tertiary/aromatic N) is 3. The second-order valence-electron chi connectivity index (χ2n) is 8.40. The molecule has 2 rings (SSSR count). The van der Waals surface area contributed by atoms with Crippen LogP contribution in [0.25, 0.3) is 0 Å². The molecule has 0 aliphatic carbocycles. The summed E-state index contributed by atoms with van der Waals surface area (Å²) in [4.78, 5) is 20.6. The topological polar surface area (TPSA) is 45.1 Å². The van der Waals surface area contributed by atoms with Gasteiger partial charge in [-0.25, -0.2) is 18.0 Å². The molecule has 8 heteroatoms. The number of alkyl halides is 2. The fourth-order valence-electron chi connectivity index (χ4n) is 3.40. The number of benzene rings is 2. The molecule has 0 aliphatic rings. The molecule has 0 aromatic heterocycles. The Morgan fingerprint density at radius 3 is 2.34 bits per heavy atom. The third-order valence-electron chi connectivity index (χ3n) is 5.47. The van der Waals surface area contributed by atoms with Crippen molar-refractivity contribution in [3.05, 3.63) is 77.3 Å². The molecule has 0 radical (unpaired) electrons. The first-order chi connectivity index (χ1) is 16.7. The van der Waals surface area contributed by atoms with Crippen LogP contribution in [0.15, 0.2) is 65.4 Å². The van der Waals surface area contributed by atoms with Crippen molar-refractivity contribution < 1.29 is 22.7 Å². The van der Waals surface area contributed by atoms with Gasteiger partial charge >= 0.3 is 6.03 Å². The fraction of sp³-hybridized carbons (Fsp3) is 0.407. The molecule has 0 saturated carbocycles. The molecule has 0 N–H and O–H groups in total. The lowest BCUT2D eigenvalue weighted by Crippen LogP contribution is -2.43. The third kappa shape index (κ3) is 7.87. The second kappa shape index (κ2) is 13.6. The van der Waals surface area contributed by atoms with Crippen molar-refractivity contribution in [2.75, 3.05) is 25.0 Å². The van der Waals surface area contributed by atoms with Gasteiger partial charge in [-0.1, -0.05) is 38.1 Å². The van der Waals surface area contributed by atoms with Gasteiger partial charge in [0.1, 0.15) is 5.82 Å². The number of allylic oxidation sites excluding steroid dienone is 2. The summed E-state index contributed by atoms with van der Waals surface area (Å²) in [5.41, 5.74) is 1.15. The molecule has 0 saturated heterocycles. The number of carbonyl (C=O) groups excluding carboxylic acids is 1. The molecule has 0 unspecified atom stereocenters. The Hall–Kier alpha value is -3.29. The number of anilines is 1. The molecule has 0 spiro atoms. The monoisotopic (exact) mass is 489 g/mol. The quantitative estimate of drug-likeness (QED) is 0.207. The van der Waals surface area contributed by atoms with Crippen LogP contribution in [0.5, 0.6) is 0 Å². The van der Waals surface area contributed by atoms with Gasteiger partial charge in [0.05, 0.1) is 6.54 Å². The number of halogens is 3. The average Bonchev–Trinajstić information content (AvgIpc) is 2.84. The molecule has 35 heavy (non-hydrogen) atoms. The first-order valence-electron chi connectivity index (χ1n) is 11.7. The number of ether oxygens (including phenoxy) is 1. The largest absolute Gasteiger partial charge is 0.437 e. The Morgan fingerprint density at radius 1 is 1.14 bits per heavy atom. The third-order valence-corrected chi connectivity index (χ3v) is 5.47. The highest BCUT2D eigenvalue weighted by atomic mass is 19.3. The number of carbonyl (C=O) groups is 1. The average molecular weight is 490 g/mol. The van der Waals surface area contributed by atoms with Crippen molar-refractivity contribution in [3.63, 3.8) is 0 Å². The minimum Gasteiger partial charge on any atom is -0.437 e.